The largest absolute Gasteiger partial charge is 0.399 e. The monoisotopic (exact) mass is 429 g/mol. The molecule has 4 N–H and O–H groups in total. The second-order valence-electron chi connectivity index (χ2n) is 8.31. The minimum absolute atomic E-state index is 0.111. The SMILES string of the molecule is C=C(/C=C(N)\C=C(/C)Nc1ccc2c(c1)CCC2)C(=O)NC1Cc2ccccc2C1.CC. The second kappa shape index (κ2) is 10.9. The van der Waals surface area contributed by atoms with Crippen LogP contribution in [0.2, 0.25) is 0 Å². The molecule has 0 heterocycles. The van der Waals surface area contributed by atoms with Crippen molar-refractivity contribution in [3.8, 4) is 0 Å². The van der Waals surface area contributed by atoms with Gasteiger partial charge in [-0.2, -0.15) is 0 Å². The first-order valence-corrected chi connectivity index (χ1v) is 11.6. The number of carbonyl (C=O) groups excluding carboxylic acids is 1. The van der Waals surface area contributed by atoms with Crippen LogP contribution in [0, 0.1) is 0 Å². The van der Waals surface area contributed by atoms with E-state index in [2.05, 4.69) is 47.5 Å². The zero-order valence-electron chi connectivity index (χ0n) is 19.5. The lowest BCUT2D eigenvalue weighted by Crippen LogP contribution is -2.35. The third-order valence-corrected chi connectivity index (χ3v) is 5.84. The van der Waals surface area contributed by atoms with Crippen molar-refractivity contribution in [2.75, 3.05) is 5.32 Å². The van der Waals surface area contributed by atoms with E-state index in [0.29, 0.717) is 11.3 Å². The Hall–Kier alpha value is -3.27. The van der Waals surface area contributed by atoms with Crippen LogP contribution in [0.1, 0.15) is 49.4 Å². The first kappa shape index (κ1) is 23.4. The van der Waals surface area contributed by atoms with Crippen LogP contribution in [-0.2, 0) is 30.5 Å². The smallest absolute Gasteiger partial charge is 0.250 e. The molecule has 0 bridgehead atoms. The van der Waals surface area contributed by atoms with Gasteiger partial charge in [0, 0.05) is 28.7 Å². The predicted molar refractivity (Wildman–Crippen MR) is 134 cm³/mol. The first-order chi connectivity index (χ1) is 15.5. The molecule has 168 valence electrons. The van der Waals surface area contributed by atoms with Crippen molar-refractivity contribution < 1.29 is 4.79 Å². The molecule has 0 spiro atoms. The molecule has 4 rings (SSSR count). The van der Waals surface area contributed by atoms with E-state index in [4.69, 9.17) is 5.73 Å². The van der Waals surface area contributed by atoms with E-state index >= 15 is 0 Å². The van der Waals surface area contributed by atoms with Crippen LogP contribution in [0.25, 0.3) is 0 Å². The number of hydrogen-bond donors (Lipinski definition) is 3. The van der Waals surface area contributed by atoms with Gasteiger partial charge in [-0.25, -0.2) is 0 Å². The van der Waals surface area contributed by atoms with Gasteiger partial charge in [0.05, 0.1) is 0 Å². The number of aryl methyl sites for hydroxylation is 2. The van der Waals surface area contributed by atoms with Gasteiger partial charge in [-0.3, -0.25) is 4.79 Å². The number of nitrogens with one attached hydrogen (secondary N) is 2. The summed E-state index contributed by atoms with van der Waals surface area (Å²) in [5.41, 5.74) is 14.5. The molecule has 0 unspecified atom stereocenters. The summed E-state index contributed by atoms with van der Waals surface area (Å²) in [6, 6.07) is 14.9. The van der Waals surface area contributed by atoms with Gasteiger partial charge in [0.15, 0.2) is 0 Å². The molecule has 0 saturated heterocycles. The molecule has 0 aliphatic heterocycles. The van der Waals surface area contributed by atoms with E-state index in [9.17, 15) is 4.79 Å². The summed E-state index contributed by atoms with van der Waals surface area (Å²) in [4.78, 5) is 12.5. The van der Waals surface area contributed by atoms with E-state index in [1.807, 2.05) is 39.0 Å². The summed E-state index contributed by atoms with van der Waals surface area (Å²) in [5, 5.41) is 6.46. The summed E-state index contributed by atoms with van der Waals surface area (Å²) in [6.07, 6.45) is 8.74. The highest BCUT2D eigenvalue weighted by atomic mass is 16.1. The average molecular weight is 430 g/mol. The van der Waals surface area contributed by atoms with Gasteiger partial charge >= 0.3 is 0 Å². The minimum Gasteiger partial charge on any atom is -0.399 e. The predicted octanol–water partition coefficient (Wildman–Crippen LogP) is 5.20. The molecule has 2 aromatic rings. The molecular formula is C28H35N3O. The van der Waals surface area contributed by atoms with Gasteiger partial charge in [0.1, 0.15) is 0 Å². The van der Waals surface area contributed by atoms with Crippen LogP contribution in [0.4, 0.5) is 5.69 Å². The Morgan fingerprint density at radius 3 is 2.34 bits per heavy atom. The zero-order valence-corrected chi connectivity index (χ0v) is 19.5. The maximum atomic E-state index is 12.5. The van der Waals surface area contributed by atoms with Crippen molar-refractivity contribution >= 4 is 11.6 Å². The third kappa shape index (κ3) is 5.91. The number of fused-ring (bicyclic) bond motifs is 2. The Balaban J connectivity index is 0.00000141. The number of allylic oxidation sites excluding steroid dienone is 2. The van der Waals surface area contributed by atoms with Crippen molar-refractivity contribution in [1.29, 1.82) is 0 Å². The van der Waals surface area contributed by atoms with Gasteiger partial charge in [-0.1, -0.05) is 50.8 Å². The molecule has 2 aliphatic rings. The summed E-state index contributed by atoms with van der Waals surface area (Å²) < 4.78 is 0. The lowest BCUT2D eigenvalue weighted by molar-refractivity contribution is -0.117. The van der Waals surface area contributed by atoms with Crippen molar-refractivity contribution in [3.05, 3.63) is 100 Å². The molecular weight excluding hydrogens is 394 g/mol. The molecule has 2 aliphatic carbocycles. The lowest BCUT2D eigenvalue weighted by Gasteiger charge is -2.12. The highest BCUT2D eigenvalue weighted by molar-refractivity contribution is 5.96. The average Bonchev–Trinajstić information content (AvgIpc) is 3.40. The maximum Gasteiger partial charge on any atom is 0.250 e. The van der Waals surface area contributed by atoms with Crippen LogP contribution >= 0.6 is 0 Å². The number of amides is 1. The summed E-state index contributed by atoms with van der Waals surface area (Å²) in [5.74, 6) is -0.173. The molecule has 4 nitrogen and oxygen atoms in total. The Kier molecular flexibility index (Phi) is 7.93. The Morgan fingerprint density at radius 1 is 1.00 bits per heavy atom. The molecule has 0 aromatic heterocycles. The summed E-state index contributed by atoms with van der Waals surface area (Å²) in [6.45, 7) is 9.86. The Labute approximate surface area is 192 Å². The Bertz CT molecular complexity index is 1020. The number of anilines is 1. The van der Waals surface area contributed by atoms with Gasteiger partial charge in [-0.05, 0) is 85.6 Å². The molecule has 2 aromatic carbocycles. The first-order valence-electron chi connectivity index (χ1n) is 11.6. The minimum atomic E-state index is -0.173. The normalized spacial score (nSPS) is 15.3. The van der Waals surface area contributed by atoms with Gasteiger partial charge in [-0.15, -0.1) is 0 Å². The quantitative estimate of drug-likeness (QED) is 0.437. The maximum absolute atomic E-state index is 12.5. The number of hydrogen-bond acceptors (Lipinski definition) is 3. The highest BCUT2D eigenvalue weighted by Crippen LogP contribution is 2.25. The third-order valence-electron chi connectivity index (χ3n) is 5.84. The van der Waals surface area contributed by atoms with Crippen LogP contribution in [0.15, 0.2) is 78.2 Å². The molecule has 4 heteroatoms. The second-order valence-corrected chi connectivity index (χ2v) is 8.31. The van der Waals surface area contributed by atoms with Gasteiger partial charge < -0.3 is 16.4 Å². The van der Waals surface area contributed by atoms with E-state index in [1.165, 1.54) is 35.1 Å². The number of carbonyl (C=O) groups is 1. The van der Waals surface area contributed by atoms with Crippen molar-refractivity contribution in [2.24, 2.45) is 5.73 Å². The van der Waals surface area contributed by atoms with Gasteiger partial charge in [0.2, 0.25) is 0 Å². The molecule has 0 saturated carbocycles. The molecule has 0 atom stereocenters. The van der Waals surface area contributed by atoms with Crippen LogP contribution in [0.3, 0.4) is 0 Å². The van der Waals surface area contributed by atoms with Crippen molar-refractivity contribution in [3.63, 3.8) is 0 Å². The Morgan fingerprint density at radius 2 is 1.66 bits per heavy atom. The van der Waals surface area contributed by atoms with E-state index < -0.39 is 0 Å². The topological polar surface area (TPSA) is 67.1 Å². The molecule has 1 amide bonds. The fourth-order valence-corrected chi connectivity index (χ4v) is 4.41. The molecule has 0 fully saturated rings. The summed E-state index contributed by atoms with van der Waals surface area (Å²) >= 11 is 0. The molecule has 0 radical (unpaired) electrons. The van der Waals surface area contributed by atoms with Crippen LogP contribution in [0.5, 0.6) is 0 Å². The standard InChI is InChI=1S/C26H29N3O.C2H6/c1-17(26(30)29-25-15-21-6-3-4-7-22(21)16-25)12-23(27)13-18(2)28-24-11-10-19-8-5-9-20(19)14-24;1-2/h3-4,6-7,10-14,25,28H,1,5,8-9,15-16,27H2,2H3,(H,29,30);1-2H3/b18-13+,23-12+;. The zero-order chi connectivity index (χ0) is 23.1. The van der Waals surface area contributed by atoms with Crippen molar-refractivity contribution in [2.45, 2.75) is 58.9 Å². The highest BCUT2D eigenvalue weighted by Gasteiger charge is 2.22. The molecule has 32 heavy (non-hydrogen) atoms. The fourth-order valence-electron chi connectivity index (χ4n) is 4.41. The number of rotatable bonds is 6. The van der Waals surface area contributed by atoms with Crippen LogP contribution in [-0.4, -0.2) is 11.9 Å². The number of benzene rings is 2. The van der Waals surface area contributed by atoms with E-state index in [1.54, 1.807) is 6.08 Å². The number of nitrogens with two attached hydrogens (primary N) is 1. The lowest BCUT2D eigenvalue weighted by atomic mass is 10.1. The summed E-state index contributed by atoms with van der Waals surface area (Å²) in [7, 11) is 0. The van der Waals surface area contributed by atoms with Gasteiger partial charge in [0.25, 0.3) is 5.91 Å². The van der Waals surface area contributed by atoms with Crippen LogP contribution < -0.4 is 16.4 Å². The fraction of sp³-hybridized carbons (Fsp3) is 0.321. The van der Waals surface area contributed by atoms with E-state index in [0.717, 1.165) is 30.6 Å². The van der Waals surface area contributed by atoms with E-state index in [-0.39, 0.29) is 11.9 Å². The van der Waals surface area contributed by atoms with Crippen molar-refractivity contribution in [1.82, 2.24) is 5.32 Å².